The molecule has 1 aromatic heterocycles. The molecule has 1 fully saturated rings. The van der Waals surface area contributed by atoms with Gasteiger partial charge in [0, 0.05) is 5.39 Å². The molecule has 0 bridgehead atoms. The van der Waals surface area contributed by atoms with E-state index in [4.69, 9.17) is 4.42 Å². The first kappa shape index (κ1) is 12.7. The van der Waals surface area contributed by atoms with Gasteiger partial charge in [-0.1, -0.05) is 56.7 Å². The van der Waals surface area contributed by atoms with Crippen LogP contribution < -0.4 is 0 Å². The molecular formula is C17H22O2. The van der Waals surface area contributed by atoms with Crippen LogP contribution in [-0.2, 0) is 0 Å². The summed E-state index contributed by atoms with van der Waals surface area (Å²) < 4.78 is 5.75. The van der Waals surface area contributed by atoms with Gasteiger partial charge in [-0.3, -0.25) is 0 Å². The smallest absolute Gasteiger partial charge is 0.134 e. The van der Waals surface area contributed by atoms with Crippen molar-refractivity contribution in [1.82, 2.24) is 0 Å². The van der Waals surface area contributed by atoms with Gasteiger partial charge in [0.1, 0.15) is 17.4 Å². The highest BCUT2D eigenvalue weighted by molar-refractivity contribution is 5.77. The van der Waals surface area contributed by atoms with Crippen molar-refractivity contribution in [1.29, 1.82) is 0 Å². The van der Waals surface area contributed by atoms with Crippen molar-refractivity contribution >= 4 is 11.0 Å². The second-order valence-electron chi connectivity index (χ2n) is 5.80. The molecule has 2 heteroatoms. The number of hydrogen-bond donors (Lipinski definition) is 1. The molecule has 0 aliphatic heterocycles. The minimum absolute atomic E-state index is 0.449. The molecule has 3 rings (SSSR count). The normalized spacial score (nSPS) is 19.4. The molecule has 1 aliphatic carbocycles. The maximum Gasteiger partial charge on any atom is 0.134 e. The van der Waals surface area contributed by atoms with Crippen LogP contribution in [0.4, 0.5) is 0 Å². The molecule has 0 saturated heterocycles. The van der Waals surface area contributed by atoms with Crippen molar-refractivity contribution in [3.63, 3.8) is 0 Å². The molecule has 1 aliphatic rings. The molecule has 0 amide bonds. The number of para-hydroxylation sites is 1. The second-order valence-corrected chi connectivity index (χ2v) is 5.80. The van der Waals surface area contributed by atoms with Crippen molar-refractivity contribution in [2.75, 3.05) is 0 Å². The molecule has 2 aromatic rings. The van der Waals surface area contributed by atoms with E-state index in [-0.39, 0.29) is 0 Å². The fourth-order valence-corrected chi connectivity index (χ4v) is 3.20. The maximum absolute atomic E-state index is 10.4. The van der Waals surface area contributed by atoms with Gasteiger partial charge in [-0.2, -0.15) is 0 Å². The first-order chi connectivity index (χ1) is 9.33. The second kappa shape index (κ2) is 5.79. The summed E-state index contributed by atoms with van der Waals surface area (Å²) in [5, 5.41) is 11.5. The van der Waals surface area contributed by atoms with Gasteiger partial charge in [-0.15, -0.1) is 0 Å². The first-order valence-electron chi connectivity index (χ1n) is 7.49. The Bertz CT molecular complexity index is 488. The van der Waals surface area contributed by atoms with E-state index < -0.39 is 6.10 Å². The van der Waals surface area contributed by atoms with Gasteiger partial charge in [0.25, 0.3) is 0 Å². The van der Waals surface area contributed by atoms with E-state index >= 15 is 0 Å². The lowest BCUT2D eigenvalue weighted by molar-refractivity contribution is 0.117. The Morgan fingerprint density at radius 2 is 1.84 bits per heavy atom. The Morgan fingerprint density at radius 1 is 1.11 bits per heavy atom. The zero-order valence-corrected chi connectivity index (χ0v) is 11.3. The van der Waals surface area contributed by atoms with Crippen molar-refractivity contribution in [2.45, 2.75) is 51.0 Å². The van der Waals surface area contributed by atoms with Crippen LogP contribution in [0.25, 0.3) is 11.0 Å². The van der Waals surface area contributed by atoms with Crippen LogP contribution in [0, 0.1) is 5.92 Å². The third-order valence-corrected chi connectivity index (χ3v) is 4.30. The Labute approximate surface area is 114 Å². The summed E-state index contributed by atoms with van der Waals surface area (Å²) in [6, 6.07) is 9.93. The molecule has 1 aromatic carbocycles. The van der Waals surface area contributed by atoms with E-state index in [0.29, 0.717) is 5.92 Å². The van der Waals surface area contributed by atoms with Crippen molar-refractivity contribution in [2.24, 2.45) is 5.92 Å². The Balaban J connectivity index is 1.70. The number of furan rings is 1. The summed E-state index contributed by atoms with van der Waals surface area (Å²) in [5.41, 5.74) is 0.873. The summed E-state index contributed by atoms with van der Waals surface area (Å²) in [6.45, 7) is 0. The van der Waals surface area contributed by atoms with Crippen LogP contribution in [0.15, 0.2) is 34.7 Å². The molecule has 0 radical (unpaired) electrons. The SMILES string of the molecule is OC(CC1CCCCCC1)c1cc2ccccc2o1. The van der Waals surface area contributed by atoms with E-state index in [1.165, 1.54) is 38.5 Å². The minimum atomic E-state index is -0.449. The average molecular weight is 258 g/mol. The van der Waals surface area contributed by atoms with Gasteiger partial charge in [0.15, 0.2) is 0 Å². The highest BCUT2D eigenvalue weighted by Gasteiger charge is 2.20. The fourth-order valence-electron chi connectivity index (χ4n) is 3.20. The van der Waals surface area contributed by atoms with E-state index in [1.807, 2.05) is 30.3 Å². The molecule has 2 nitrogen and oxygen atoms in total. The molecule has 1 N–H and O–H groups in total. The van der Waals surface area contributed by atoms with Crippen LogP contribution in [0.3, 0.4) is 0 Å². The molecule has 1 heterocycles. The van der Waals surface area contributed by atoms with Gasteiger partial charge in [-0.25, -0.2) is 0 Å². The Hall–Kier alpha value is -1.28. The van der Waals surface area contributed by atoms with Gasteiger partial charge < -0.3 is 9.52 Å². The third-order valence-electron chi connectivity index (χ3n) is 4.30. The molecule has 1 atom stereocenters. The first-order valence-corrected chi connectivity index (χ1v) is 7.49. The highest BCUT2D eigenvalue weighted by atomic mass is 16.4. The van der Waals surface area contributed by atoms with Gasteiger partial charge in [0.2, 0.25) is 0 Å². The lowest BCUT2D eigenvalue weighted by atomic mass is 9.93. The summed E-state index contributed by atoms with van der Waals surface area (Å²) in [5.74, 6) is 1.39. The van der Waals surface area contributed by atoms with Crippen LogP contribution in [0.2, 0.25) is 0 Å². The van der Waals surface area contributed by atoms with E-state index in [9.17, 15) is 5.11 Å². The molecule has 1 saturated carbocycles. The lowest BCUT2D eigenvalue weighted by Crippen LogP contribution is -2.06. The standard InChI is InChI=1S/C17H22O2/c18-15(11-13-7-3-1-2-4-8-13)17-12-14-9-5-6-10-16(14)19-17/h5-6,9-10,12-13,15,18H,1-4,7-8,11H2. The summed E-state index contributed by atoms with van der Waals surface area (Å²) in [7, 11) is 0. The molecule has 102 valence electrons. The number of aliphatic hydroxyl groups excluding tert-OH is 1. The van der Waals surface area contributed by atoms with Gasteiger partial charge in [-0.05, 0) is 24.5 Å². The number of hydrogen-bond acceptors (Lipinski definition) is 2. The molecule has 1 unspecified atom stereocenters. The number of benzene rings is 1. The molecule has 0 spiro atoms. The Kier molecular flexibility index (Phi) is 3.88. The fraction of sp³-hybridized carbons (Fsp3) is 0.529. The van der Waals surface area contributed by atoms with Crippen LogP contribution in [0.5, 0.6) is 0 Å². The minimum Gasteiger partial charge on any atom is -0.458 e. The van der Waals surface area contributed by atoms with E-state index in [0.717, 1.165) is 23.2 Å². The summed E-state index contributed by atoms with van der Waals surface area (Å²) >= 11 is 0. The zero-order chi connectivity index (χ0) is 13.1. The summed E-state index contributed by atoms with van der Waals surface area (Å²) in [4.78, 5) is 0. The van der Waals surface area contributed by atoms with Crippen LogP contribution in [-0.4, -0.2) is 5.11 Å². The lowest BCUT2D eigenvalue weighted by Gasteiger charge is -2.16. The average Bonchev–Trinajstić information content (AvgIpc) is 2.70. The molecular weight excluding hydrogens is 236 g/mol. The molecule has 19 heavy (non-hydrogen) atoms. The predicted molar refractivity (Wildman–Crippen MR) is 77.0 cm³/mol. The zero-order valence-electron chi connectivity index (χ0n) is 11.3. The topological polar surface area (TPSA) is 33.4 Å². The maximum atomic E-state index is 10.4. The highest BCUT2D eigenvalue weighted by Crippen LogP contribution is 2.33. The van der Waals surface area contributed by atoms with E-state index in [2.05, 4.69) is 0 Å². The number of aliphatic hydroxyl groups is 1. The Morgan fingerprint density at radius 3 is 2.58 bits per heavy atom. The van der Waals surface area contributed by atoms with Gasteiger partial charge >= 0.3 is 0 Å². The monoisotopic (exact) mass is 258 g/mol. The number of rotatable bonds is 3. The quantitative estimate of drug-likeness (QED) is 0.800. The summed E-state index contributed by atoms with van der Waals surface area (Å²) in [6.07, 6.45) is 8.27. The van der Waals surface area contributed by atoms with Crippen molar-refractivity contribution in [3.05, 3.63) is 36.1 Å². The third kappa shape index (κ3) is 3.01. The van der Waals surface area contributed by atoms with Crippen molar-refractivity contribution < 1.29 is 9.52 Å². The number of fused-ring (bicyclic) bond motifs is 1. The largest absolute Gasteiger partial charge is 0.458 e. The van der Waals surface area contributed by atoms with Crippen molar-refractivity contribution in [3.8, 4) is 0 Å². The van der Waals surface area contributed by atoms with E-state index in [1.54, 1.807) is 0 Å². The predicted octanol–water partition coefficient (Wildman–Crippen LogP) is 4.83. The van der Waals surface area contributed by atoms with Gasteiger partial charge in [0.05, 0.1) is 0 Å². The van der Waals surface area contributed by atoms with Crippen LogP contribution in [0.1, 0.15) is 56.8 Å². The van der Waals surface area contributed by atoms with Crippen LogP contribution >= 0.6 is 0 Å².